The maximum atomic E-state index is 13.6. The van der Waals surface area contributed by atoms with Gasteiger partial charge in [-0.2, -0.15) is 0 Å². The monoisotopic (exact) mass is 968 g/mol. The number of rotatable bonds is 12. The molecule has 0 aliphatic heterocycles. The molecule has 1 unspecified atom stereocenters. The number of nitrogens with one attached hydrogen (secondary N) is 1. The van der Waals surface area contributed by atoms with Gasteiger partial charge in [-0.3, -0.25) is 15.0 Å². The maximum absolute atomic E-state index is 13.6. The molecular formula is C42H46BrClN8O8S2. The second kappa shape index (κ2) is 19.2. The molecule has 6 rings (SSSR count). The van der Waals surface area contributed by atoms with Crippen molar-refractivity contribution in [3.63, 3.8) is 0 Å². The van der Waals surface area contributed by atoms with Crippen LogP contribution >= 0.6 is 27.5 Å². The van der Waals surface area contributed by atoms with E-state index in [0.29, 0.717) is 45.1 Å². The maximum Gasteiger partial charge on any atom is 0.407 e. The highest BCUT2D eigenvalue weighted by Gasteiger charge is 2.30. The van der Waals surface area contributed by atoms with Crippen LogP contribution in [-0.4, -0.2) is 90.1 Å². The van der Waals surface area contributed by atoms with Crippen LogP contribution in [0, 0.1) is 5.41 Å². The molecule has 3 N–H and O–H groups in total. The smallest absolute Gasteiger partial charge is 0.407 e. The molecule has 0 radical (unpaired) electrons. The van der Waals surface area contributed by atoms with Crippen LogP contribution in [0.1, 0.15) is 52.7 Å². The second-order valence-corrected chi connectivity index (χ2v) is 20.9. The minimum atomic E-state index is -3.99. The lowest BCUT2D eigenvalue weighted by molar-refractivity contribution is 0.101. The van der Waals surface area contributed by atoms with Crippen molar-refractivity contribution in [1.29, 1.82) is 0 Å². The molecule has 20 heteroatoms. The number of hydrogen-bond donors (Lipinski definition) is 3. The molecule has 0 spiro atoms. The molecule has 62 heavy (non-hydrogen) atoms. The highest BCUT2D eigenvalue weighted by Crippen LogP contribution is 2.31. The summed E-state index contributed by atoms with van der Waals surface area (Å²) in [4.78, 5) is 40.6. The standard InChI is InChI=1S/C26H26ClN5O4S.C16H20BrN3O4S/c1-26(2,3)23(31-25(33)34)12-17-11-22(32(16-17)37(35,36)20-5-4-10-28-15-20)19-6-8-21(29-14-19)18-7-9-24(27)30-13-18;1-16(2,3)19(15(21)22)8-6-12-9-14(17)20(11-12)25(23,24)13-5-4-7-18-10-13/h4-11,13-16,23,31H,12H2,1-3H3,(H,33,34);4-5,7,9-11H,6,8H2,1-3H3,(H,21,22). The van der Waals surface area contributed by atoms with Crippen LogP contribution in [0.2, 0.25) is 5.15 Å². The SMILES string of the molecule is CC(C)(C)C(Cc1cc(-c2ccc(-c3ccc(Cl)nc3)nc2)n(S(=O)(=O)c2cccnc2)c1)NC(=O)O.CC(C)(C)N(CCc1cc(Br)n(S(=O)(=O)c2cccnc2)c1)C(=O)O. The Morgan fingerprint density at radius 3 is 1.85 bits per heavy atom. The third-order valence-electron chi connectivity index (χ3n) is 9.55. The van der Waals surface area contributed by atoms with Crippen LogP contribution in [0.25, 0.3) is 22.5 Å². The molecule has 0 fully saturated rings. The normalized spacial score (nSPS) is 12.5. The zero-order valence-electron chi connectivity index (χ0n) is 34.6. The summed E-state index contributed by atoms with van der Waals surface area (Å²) in [6.07, 6.45) is 10.3. The van der Waals surface area contributed by atoms with Gasteiger partial charge >= 0.3 is 12.2 Å². The minimum Gasteiger partial charge on any atom is -0.465 e. The molecule has 328 valence electrons. The quantitative estimate of drug-likeness (QED) is 0.0986. The summed E-state index contributed by atoms with van der Waals surface area (Å²) >= 11 is 9.14. The van der Waals surface area contributed by atoms with E-state index in [-0.39, 0.29) is 16.3 Å². The van der Waals surface area contributed by atoms with Gasteiger partial charge in [0.05, 0.1) is 11.4 Å². The summed E-state index contributed by atoms with van der Waals surface area (Å²) in [5.74, 6) is 0. The molecule has 0 saturated carbocycles. The minimum absolute atomic E-state index is 0.0336. The van der Waals surface area contributed by atoms with Crippen molar-refractivity contribution in [2.75, 3.05) is 6.54 Å². The van der Waals surface area contributed by atoms with E-state index in [2.05, 4.69) is 41.2 Å². The lowest BCUT2D eigenvalue weighted by Crippen LogP contribution is -2.45. The van der Waals surface area contributed by atoms with Crippen LogP contribution in [-0.2, 0) is 32.9 Å². The van der Waals surface area contributed by atoms with Crippen LogP contribution in [0.15, 0.2) is 125 Å². The van der Waals surface area contributed by atoms with Gasteiger partial charge in [-0.15, -0.1) is 0 Å². The predicted molar refractivity (Wildman–Crippen MR) is 238 cm³/mol. The van der Waals surface area contributed by atoms with E-state index >= 15 is 0 Å². The third kappa shape index (κ3) is 11.6. The van der Waals surface area contributed by atoms with E-state index in [1.54, 1.807) is 60.9 Å². The number of aromatic nitrogens is 6. The Hall–Kier alpha value is -5.63. The molecule has 2 amide bonds. The first-order valence-corrected chi connectivity index (χ1v) is 23.0. The average Bonchev–Trinajstić information content (AvgIpc) is 3.82. The van der Waals surface area contributed by atoms with Gasteiger partial charge in [-0.05, 0) is 127 Å². The number of hydrogen-bond acceptors (Lipinski definition) is 10. The second-order valence-electron chi connectivity index (χ2n) is 16.1. The van der Waals surface area contributed by atoms with Gasteiger partial charge in [-0.25, -0.2) is 39.4 Å². The molecule has 6 aromatic rings. The van der Waals surface area contributed by atoms with Crippen molar-refractivity contribution in [1.82, 2.24) is 38.1 Å². The number of nitrogens with zero attached hydrogens (tertiary/aromatic N) is 7. The van der Waals surface area contributed by atoms with Crippen LogP contribution in [0.3, 0.4) is 0 Å². The van der Waals surface area contributed by atoms with Gasteiger partial charge in [0.15, 0.2) is 0 Å². The molecule has 0 bridgehead atoms. The third-order valence-corrected chi connectivity index (χ3v) is 13.9. The fourth-order valence-corrected chi connectivity index (χ4v) is 9.86. The van der Waals surface area contributed by atoms with E-state index < -0.39 is 49.2 Å². The zero-order valence-corrected chi connectivity index (χ0v) is 38.6. The lowest BCUT2D eigenvalue weighted by Gasteiger charge is -2.33. The van der Waals surface area contributed by atoms with Crippen molar-refractivity contribution in [3.8, 4) is 22.5 Å². The fraction of sp³-hybridized carbons (Fsp3) is 0.286. The van der Waals surface area contributed by atoms with E-state index in [1.165, 1.54) is 58.2 Å². The molecule has 16 nitrogen and oxygen atoms in total. The number of halogens is 2. The van der Waals surface area contributed by atoms with E-state index in [9.17, 15) is 36.6 Å². The first-order chi connectivity index (χ1) is 29.0. The molecule has 0 saturated heterocycles. The van der Waals surface area contributed by atoms with Crippen LogP contribution in [0.5, 0.6) is 0 Å². The Kier molecular flexibility index (Phi) is 14.7. The Balaban J connectivity index is 0.000000253. The zero-order chi connectivity index (χ0) is 45.6. The Morgan fingerprint density at radius 1 is 0.790 bits per heavy atom. The van der Waals surface area contributed by atoms with Crippen molar-refractivity contribution in [2.24, 2.45) is 5.41 Å². The fourth-order valence-electron chi connectivity index (χ4n) is 6.19. The summed E-state index contributed by atoms with van der Waals surface area (Å²) in [5.41, 5.74) is 2.82. The molecule has 1 atom stereocenters. The Bertz CT molecular complexity index is 2720. The predicted octanol–water partition coefficient (Wildman–Crippen LogP) is 8.33. The molecular weight excluding hydrogens is 924 g/mol. The molecule has 0 aromatic carbocycles. The van der Waals surface area contributed by atoms with E-state index in [0.717, 1.165) is 15.1 Å². The first-order valence-electron chi connectivity index (χ1n) is 19.0. The van der Waals surface area contributed by atoms with Gasteiger partial charge in [0.25, 0.3) is 20.0 Å². The summed E-state index contributed by atoms with van der Waals surface area (Å²) < 4.78 is 55.2. The molecule has 0 aliphatic carbocycles. The van der Waals surface area contributed by atoms with Gasteiger partial charge in [0.2, 0.25) is 0 Å². The summed E-state index contributed by atoms with van der Waals surface area (Å²) in [6, 6.07) is 16.1. The van der Waals surface area contributed by atoms with Gasteiger partial charge in [0, 0.05) is 78.8 Å². The van der Waals surface area contributed by atoms with Crippen LogP contribution in [0.4, 0.5) is 9.59 Å². The van der Waals surface area contributed by atoms with E-state index in [1.807, 2.05) is 41.5 Å². The molecule has 0 aliphatic rings. The van der Waals surface area contributed by atoms with E-state index in [4.69, 9.17) is 11.6 Å². The highest BCUT2D eigenvalue weighted by atomic mass is 79.9. The van der Waals surface area contributed by atoms with Gasteiger partial charge in [-0.1, -0.05) is 32.4 Å². The van der Waals surface area contributed by atoms with Crippen molar-refractivity contribution < 1.29 is 36.6 Å². The van der Waals surface area contributed by atoms with Crippen molar-refractivity contribution in [2.45, 2.75) is 75.8 Å². The van der Waals surface area contributed by atoms with Gasteiger partial charge in [0.1, 0.15) is 19.5 Å². The number of carboxylic acid groups (broad SMARTS) is 2. The average molecular weight is 970 g/mol. The lowest BCUT2D eigenvalue weighted by atomic mass is 9.83. The molecule has 6 heterocycles. The Morgan fingerprint density at radius 2 is 1.37 bits per heavy atom. The summed E-state index contributed by atoms with van der Waals surface area (Å²) in [6.45, 7) is 11.5. The largest absolute Gasteiger partial charge is 0.465 e. The van der Waals surface area contributed by atoms with Gasteiger partial charge < -0.3 is 20.4 Å². The Labute approximate surface area is 373 Å². The topological polar surface area (TPSA) is 220 Å². The van der Waals surface area contributed by atoms with Crippen molar-refractivity contribution in [3.05, 3.63) is 131 Å². The summed E-state index contributed by atoms with van der Waals surface area (Å²) in [7, 11) is -7.75. The first kappa shape index (κ1) is 47.4. The molecule has 6 aromatic heterocycles. The number of amides is 2. The summed E-state index contributed by atoms with van der Waals surface area (Å²) in [5, 5.41) is 21.6. The van der Waals surface area contributed by atoms with Crippen molar-refractivity contribution >= 4 is 59.8 Å². The van der Waals surface area contributed by atoms with Crippen LogP contribution < -0.4 is 5.32 Å². The number of carbonyl (C=O) groups is 2. The number of pyridine rings is 4. The highest BCUT2D eigenvalue weighted by molar-refractivity contribution is 9.10.